The number of rotatable bonds is 46. The lowest BCUT2D eigenvalue weighted by Gasteiger charge is -2.24. The fraction of sp³-hybridized carbons (Fsp3) is 0.755. The van der Waals surface area contributed by atoms with Crippen LogP contribution in [0.15, 0.2) is 72.9 Å². The van der Waals surface area contributed by atoms with Gasteiger partial charge in [-0.15, -0.1) is 0 Å². The van der Waals surface area contributed by atoms with Crippen molar-refractivity contribution in [3.8, 4) is 0 Å². The molecule has 0 radical (unpaired) electrons. The molecular formula is C53H97NO7P+. The van der Waals surface area contributed by atoms with Crippen molar-refractivity contribution in [2.45, 2.75) is 206 Å². The number of hydrogen-bond acceptors (Lipinski definition) is 6. The third kappa shape index (κ3) is 49.0. The summed E-state index contributed by atoms with van der Waals surface area (Å²) >= 11 is 0. The molecule has 9 heteroatoms. The second kappa shape index (κ2) is 45.5. The molecule has 360 valence electrons. The zero-order valence-electron chi connectivity index (χ0n) is 40.8. The SMILES string of the molecule is CC/C=C\C/C=C\C/C=C\C/C=C\CCCCCCCCCCCCCCCOCC(COP(=O)(O)OCC[N+](C)(C)C)OC(=O)CCCCCCC/C=C\C/C=C\CCCC. The molecule has 1 N–H and O–H groups in total. The highest BCUT2D eigenvalue weighted by Gasteiger charge is 2.26. The van der Waals surface area contributed by atoms with Gasteiger partial charge < -0.3 is 18.9 Å². The van der Waals surface area contributed by atoms with Crippen LogP contribution in [0.3, 0.4) is 0 Å². The van der Waals surface area contributed by atoms with E-state index in [1.165, 1.54) is 96.3 Å². The molecule has 0 spiro atoms. The van der Waals surface area contributed by atoms with Gasteiger partial charge in [0.15, 0.2) is 0 Å². The lowest BCUT2D eigenvalue weighted by molar-refractivity contribution is -0.870. The zero-order valence-corrected chi connectivity index (χ0v) is 41.7. The summed E-state index contributed by atoms with van der Waals surface area (Å²) in [6, 6.07) is 0. The molecule has 0 aromatic carbocycles. The molecular weight excluding hydrogens is 794 g/mol. The van der Waals surface area contributed by atoms with Crippen molar-refractivity contribution in [1.29, 1.82) is 0 Å². The highest BCUT2D eigenvalue weighted by Crippen LogP contribution is 2.43. The number of nitrogens with zero attached hydrogens (tertiary/aromatic N) is 1. The van der Waals surface area contributed by atoms with E-state index in [0.29, 0.717) is 24.1 Å². The molecule has 0 aromatic heterocycles. The summed E-state index contributed by atoms with van der Waals surface area (Å²) in [6.45, 7) is 5.45. The standard InChI is InChI=1S/C53H96NO7P/c1-6-8-10-12-14-16-18-20-22-23-24-25-26-27-28-29-30-31-32-33-35-37-39-41-43-45-48-58-50-52(51-60-62(56,57)59-49-47-54(3,4)5)61-53(55)46-44-42-40-38-36-34-21-19-17-15-13-11-9-7-2/h8,10,13-16,19-22,24-25,52H,6-7,9,11-12,17-18,23,26-51H2,1-5H3/p+1/b10-8-,15-13-,16-14-,21-19-,22-20-,25-24-. The van der Waals surface area contributed by atoms with Crippen LogP contribution in [0.5, 0.6) is 0 Å². The maximum atomic E-state index is 12.7. The van der Waals surface area contributed by atoms with Gasteiger partial charge in [-0.05, 0) is 77.0 Å². The molecule has 62 heavy (non-hydrogen) atoms. The number of quaternary nitrogens is 1. The van der Waals surface area contributed by atoms with E-state index in [2.05, 4.69) is 86.8 Å². The van der Waals surface area contributed by atoms with Crippen LogP contribution >= 0.6 is 7.82 Å². The Bertz CT molecular complexity index is 1220. The summed E-state index contributed by atoms with van der Waals surface area (Å²) in [5.41, 5.74) is 0. The van der Waals surface area contributed by atoms with Gasteiger partial charge in [0.1, 0.15) is 19.3 Å². The highest BCUT2D eigenvalue weighted by molar-refractivity contribution is 7.47. The fourth-order valence-corrected chi connectivity index (χ4v) is 7.36. The fourth-order valence-electron chi connectivity index (χ4n) is 6.62. The van der Waals surface area contributed by atoms with E-state index in [1.807, 2.05) is 21.1 Å². The van der Waals surface area contributed by atoms with Gasteiger partial charge in [-0.1, -0.05) is 189 Å². The van der Waals surface area contributed by atoms with Gasteiger partial charge in [-0.25, -0.2) is 4.57 Å². The van der Waals surface area contributed by atoms with Crippen molar-refractivity contribution in [2.75, 3.05) is 54.1 Å². The number of allylic oxidation sites excluding steroid dienone is 12. The van der Waals surface area contributed by atoms with Crippen molar-refractivity contribution in [3.63, 3.8) is 0 Å². The average molecular weight is 891 g/mol. The number of hydrogen-bond donors (Lipinski definition) is 1. The summed E-state index contributed by atoms with van der Waals surface area (Å²) in [6.07, 6.45) is 59.5. The van der Waals surface area contributed by atoms with Gasteiger partial charge in [0.2, 0.25) is 0 Å². The number of ether oxygens (including phenoxy) is 2. The molecule has 0 rings (SSSR count). The number of esters is 1. The largest absolute Gasteiger partial charge is 0.472 e. The summed E-state index contributed by atoms with van der Waals surface area (Å²) in [7, 11) is 1.65. The maximum absolute atomic E-state index is 12.7. The topological polar surface area (TPSA) is 91.3 Å². The van der Waals surface area contributed by atoms with E-state index in [4.69, 9.17) is 18.5 Å². The molecule has 2 unspecified atom stereocenters. The van der Waals surface area contributed by atoms with Crippen molar-refractivity contribution in [3.05, 3.63) is 72.9 Å². The molecule has 2 atom stereocenters. The number of unbranched alkanes of at least 4 members (excludes halogenated alkanes) is 20. The maximum Gasteiger partial charge on any atom is 0.472 e. The second-order valence-corrected chi connectivity index (χ2v) is 19.3. The Balaban J connectivity index is 4.10. The van der Waals surface area contributed by atoms with Crippen LogP contribution in [-0.2, 0) is 27.9 Å². The Morgan fingerprint density at radius 1 is 0.516 bits per heavy atom. The van der Waals surface area contributed by atoms with Gasteiger partial charge in [0.05, 0.1) is 34.4 Å². The Morgan fingerprint density at radius 3 is 1.40 bits per heavy atom. The summed E-state index contributed by atoms with van der Waals surface area (Å²) in [5, 5.41) is 0. The Kier molecular flexibility index (Phi) is 44.0. The van der Waals surface area contributed by atoms with Crippen LogP contribution in [0.1, 0.15) is 200 Å². The van der Waals surface area contributed by atoms with Crippen LogP contribution < -0.4 is 0 Å². The van der Waals surface area contributed by atoms with E-state index in [1.54, 1.807) is 0 Å². The molecule has 0 aliphatic rings. The first-order valence-electron chi connectivity index (χ1n) is 25.2. The van der Waals surface area contributed by atoms with Crippen molar-refractivity contribution in [1.82, 2.24) is 0 Å². The summed E-state index contributed by atoms with van der Waals surface area (Å²) in [4.78, 5) is 22.9. The van der Waals surface area contributed by atoms with Crippen LogP contribution in [-0.4, -0.2) is 75.6 Å². The van der Waals surface area contributed by atoms with Crippen molar-refractivity contribution < 1.29 is 37.3 Å². The number of carbonyl (C=O) groups excluding carboxylic acids is 1. The van der Waals surface area contributed by atoms with Gasteiger partial charge in [0.25, 0.3) is 0 Å². The predicted octanol–water partition coefficient (Wildman–Crippen LogP) is 15.4. The van der Waals surface area contributed by atoms with Crippen LogP contribution in [0.4, 0.5) is 0 Å². The third-order valence-corrected chi connectivity index (χ3v) is 11.5. The van der Waals surface area contributed by atoms with E-state index < -0.39 is 13.9 Å². The van der Waals surface area contributed by atoms with E-state index in [-0.39, 0.29) is 25.8 Å². The second-order valence-electron chi connectivity index (χ2n) is 17.8. The zero-order chi connectivity index (χ0) is 45.5. The molecule has 0 fully saturated rings. The average Bonchev–Trinajstić information content (AvgIpc) is 3.23. The molecule has 0 aromatic rings. The van der Waals surface area contributed by atoms with Crippen LogP contribution in [0, 0.1) is 0 Å². The Morgan fingerprint density at radius 2 is 0.935 bits per heavy atom. The molecule has 0 amide bonds. The minimum atomic E-state index is -4.29. The minimum absolute atomic E-state index is 0.0829. The molecule has 0 aliphatic carbocycles. The normalized spacial score (nSPS) is 14.2. The first kappa shape index (κ1) is 59.9. The van der Waals surface area contributed by atoms with Gasteiger partial charge >= 0.3 is 13.8 Å². The number of phosphoric acid groups is 1. The van der Waals surface area contributed by atoms with E-state index >= 15 is 0 Å². The highest BCUT2D eigenvalue weighted by atomic mass is 31.2. The van der Waals surface area contributed by atoms with Crippen LogP contribution in [0.2, 0.25) is 0 Å². The number of likely N-dealkylation sites (N-methyl/N-ethyl adjacent to an activating group) is 1. The molecule has 0 heterocycles. The molecule has 0 bridgehead atoms. The van der Waals surface area contributed by atoms with Gasteiger partial charge in [-0.2, -0.15) is 0 Å². The lowest BCUT2D eigenvalue weighted by Crippen LogP contribution is -2.37. The molecule has 0 saturated heterocycles. The molecule has 0 saturated carbocycles. The van der Waals surface area contributed by atoms with Crippen molar-refractivity contribution >= 4 is 13.8 Å². The quantitative estimate of drug-likeness (QED) is 0.0214. The number of carbonyl (C=O) groups is 1. The van der Waals surface area contributed by atoms with Gasteiger partial charge in [0, 0.05) is 13.0 Å². The summed E-state index contributed by atoms with van der Waals surface area (Å²) < 4.78 is 35.1. The van der Waals surface area contributed by atoms with E-state index in [0.717, 1.165) is 83.5 Å². The van der Waals surface area contributed by atoms with E-state index in [9.17, 15) is 14.3 Å². The monoisotopic (exact) mass is 891 g/mol. The Hall–Kier alpha value is -2.06. The lowest BCUT2D eigenvalue weighted by atomic mass is 10.0. The van der Waals surface area contributed by atoms with Gasteiger partial charge in [-0.3, -0.25) is 13.8 Å². The predicted molar refractivity (Wildman–Crippen MR) is 265 cm³/mol. The van der Waals surface area contributed by atoms with Crippen molar-refractivity contribution in [2.24, 2.45) is 0 Å². The third-order valence-electron chi connectivity index (χ3n) is 10.5. The van der Waals surface area contributed by atoms with Crippen LogP contribution in [0.25, 0.3) is 0 Å². The smallest absolute Gasteiger partial charge is 0.457 e. The molecule has 0 aliphatic heterocycles. The first-order valence-corrected chi connectivity index (χ1v) is 26.7. The Labute approximate surface area is 383 Å². The number of phosphoric ester groups is 1. The summed E-state index contributed by atoms with van der Waals surface area (Å²) in [5.74, 6) is -0.329. The molecule has 8 nitrogen and oxygen atoms in total. The minimum Gasteiger partial charge on any atom is -0.457 e. The first-order chi connectivity index (χ1) is 30.1.